The van der Waals surface area contributed by atoms with Crippen LogP contribution in [0, 0.1) is 0 Å². The molecule has 5 nitrogen and oxygen atoms in total. The van der Waals surface area contributed by atoms with E-state index in [0.717, 1.165) is 13.1 Å². The van der Waals surface area contributed by atoms with E-state index in [4.69, 9.17) is 11.6 Å². The van der Waals surface area contributed by atoms with Crippen LogP contribution in [0.1, 0.15) is 13.8 Å². The number of hydrogen-bond donors (Lipinski definition) is 0. The third kappa shape index (κ3) is 2.73. The molecule has 94 valence electrons. The maximum absolute atomic E-state index is 5.94. The van der Waals surface area contributed by atoms with Crippen LogP contribution in [0.15, 0.2) is 24.4 Å². The van der Waals surface area contributed by atoms with Gasteiger partial charge in [0.1, 0.15) is 5.69 Å². The molecule has 0 aromatic carbocycles. The molecule has 0 N–H and O–H groups in total. The van der Waals surface area contributed by atoms with E-state index < -0.39 is 0 Å². The topological polar surface area (TPSA) is 54.8 Å². The number of halogens is 1. The molecular formula is C12H14ClN5. The van der Waals surface area contributed by atoms with Crippen LogP contribution in [0.4, 0.5) is 5.95 Å². The van der Waals surface area contributed by atoms with Crippen LogP contribution in [0.5, 0.6) is 0 Å². The van der Waals surface area contributed by atoms with Crippen LogP contribution < -0.4 is 4.90 Å². The summed E-state index contributed by atoms with van der Waals surface area (Å²) in [5.41, 5.74) is 0.690. The van der Waals surface area contributed by atoms with E-state index in [-0.39, 0.29) is 5.28 Å². The van der Waals surface area contributed by atoms with Gasteiger partial charge in [-0.3, -0.25) is 4.98 Å². The normalized spacial score (nSPS) is 10.4. The van der Waals surface area contributed by atoms with E-state index in [1.807, 2.05) is 36.9 Å². The minimum absolute atomic E-state index is 0.188. The first-order valence-electron chi connectivity index (χ1n) is 5.82. The Bertz CT molecular complexity index is 513. The van der Waals surface area contributed by atoms with Gasteiger partial charge in [0.25, 0.3) is 0 Å². The summed E-state index contributed by atoms with van der Waals surface area (Å²) >= 11 is 5.94. The Balaban J connectivity index is 2.44. The maximum Gasteiger partial charge on any atom is 0.230 e. The summed E-state index contributed by atoms with van der Waals surface area (Å²) in [7, 11) is 0. The molecule has 6 heteroatoms. The highest BCUT2D eigenvalue weighted by molar-refractivity contribution is 6.28. The van der Waals surface area contributed by atoms with Gasteiger partial charge in [0.05, 0.1) is 0 Å². The number of anilines is 1. The fourth-order valence-corrected chi connectivity index (χ4v) is 1.75. The number of pyridine rings is 1. The van der Waals surface area contributed by atoms with Crippen molar-refractivity contribution in [1.29, 1.82) is 0 Å². The SMILES string of the molecule is CCN(CC)c1nc(Cl)nc(-c2ccccn2)n1. The van der Waals surface area contributed by atoms with Crippen molar-refractivity contribution < 1.29 is 0 Å². The number of hydrogen-bond acceptors (Lipinski definition) is 5. The fourth-order valence-electron chi connectivity index (χ4n) is 1.60. The standard InChI is InChI=1S/C12H14ClN5/c1-3-18(4-2)12-16-10(15-11(13)17-12)9-7-5-6-8-14-9/h5-8H,3-4H2,1-2H3. The third-order valence-electron chi connectivity index (χ3n) is 2.54. The lowest BCUT2D eigenvalue weighted by atomic mass is 10.3. The molecule has 2 rings (SSSR count). The molecule has 0 aliphatic rings. The highest BCUT2D eigenvalue weighted by Gasteiger charge is 2.11. The molecule has 0 radical (unpaired) electrons. The molecule has 2 aromatic rings. The lowest BCUT2D eigenvalue weighted by Crippen LogP contribution is -2.24. The van der Waals surface area contributed by atoms with E-state index in [1.165, 1.54) is 0 Å². The van der Waals surface area contributed by atoms with Crippen molar-refractivity contribution >= 4 is 17.5 Å². The Labute approximate surface area is 111 Å². The van der Waals surface area contributed by atoms with Crippen molar-refractivity contribution in [3.8, 4) is 11.5 Å². The summed E-state index contributed by atoms with van der Waals surface area (Å²) in [6, 6.07) is 5.58. The van der Waals surface area contributed by atoms with Crippen LogP contribution in [0.25, 0.3) is 11.5 Å². The molecule has 0 aliphatic heterocycles. The van der Waals surface area contributed by atoms with Gasteiger partial charge in [-0.1, -0.05) is 6.07 Å². The average molecular weight is 264 g/mol. The molecule has 0 saturated carbocycles. The molecule has 0 bridgehead atoms. The lowest BCUT2D eigenvalue weighted by Gasteiger charge is -2.18. The smallest absolute Gasteiger partial charge is 0.230 e. The van der Waals surface area contributed by atoms with Gasteiger partial charge >= 0.3 is 0 Å². The van der Waals surface area contributed by atoms with Crippen molar-refractivity contribution in [3.63, 3.8) is 0 Å². The third-order valence-corrected chi connectivity index (χ3v) is 2.71. The number of rotatable bonds is 4. The van der Waals surface area contributed by atoms with Crippen molar-refractivity contribution in [2.45, 2.75) is 13.8 Å². The molecule has 0 atom stereocenters. The summed E-state index contributed by atoms with van der Waals surface area (Å²) in [5.74, 6) is 1.08. The van der Waals surface area contributed by atoms with Gasteiger partial charge in [0.2, 0.25) is 11.2 Å². The second-order valence-corrected chi connectivity index (χ2v) is 3.95. The van der Waals surface area contributed by atoms with E-state index in [1.54, 1.807) is 6.20 Å². The summed E-state index contributed by atoms with van der Waals surface area (Å²) < 4.78 is 0. The van der Waals surface area contributed by atoms with Gasteiger partial charge < -0.3 is 4.90 Å². The largest absolute Gasteiger partial charge is 0.341 e. The minimum Gasteiger partial charge on any atom is -0.341 e. The Morgan fingerprint density at radius 3 is 2.50 bits per heavy atom. The molecule has 2 aromatic heterocycles. The Morgan fingerprint density at radius 2 is 1.89 bits per heavy atom. The first-order valence-corrected chi connectivity index (χ1v) is 6.20. The highest BCUT2D eigenvalue weighted by atomic mass is 35.5. The van der Waals surface area contributed by atoms with Crippen LogP contribution in [0.3, 0.4) is 0 Å². The molecule has 0 unspecified atom stereocenters. The van der Waals surface area contributed by atoms with E-state index in [9.17, 15) is 0 Å². The summed E-state index contributed by atoms with van der Waals surface area (Å²) in [6.45, 7) is 5.72. The zero-order chi connectivity index (χ0) is 13.0. The average Bonchev–Trinajstić information content (AvgIpc) is 2.40. The van der Waals surface area contributed by atoms with Crippen LogP contribution in [-0.2, 0) is 0 Å². The van der Waals surface area contributed by atoms with E-state index in [0.29, 0.717) is 17.5 Å². The van der Waals surface area contributed by atoms with Gasteiger partial charge in [-0.2, -0.15) is 15.0 Å². The molecule has 0 amide bonds. The quantitative estimate of drug-likeness (QED) is 0.848. The van der Waals surface area contributed by atoms with Crippen LogP contribution >= 0.6 is 11.6 Å². The Hall–Kier alpha value is -1.75. The van der Waals surface area contributed by atoms with E-state index in [2.05, 4.69) is 19.9 Å². The molecular weight excluding hydrogens is 250 g/mol. The second kappa shape index (κ2) is 5.73. The predicted molar refractivity (Wildman–Crippen MR) is 71.6 cm³/mol. The van der Waals surface area contributed by atoms with Gasteiger partial charge in [0, 0.05) is 19.3 Å². The summed E-state index contributed by atoms with van der Waals surface area (Å²) in [5, 5.41) is 0.188. The Kier molecular flexibility index (Phi) is 4.04. The van der Waals surface area contributed by atoms with Crippen molar-refractivity contribution in [1.82, 2.24) is 19.9 Å². The highest BCUT2D eigenvalue weighted by Crippen LogP contribution is 2.17. The second-order valence-electron chi connectivity index (χ2n) is 3.62. The van der Waals surface area contributed by atoms with Gasteiger partial charge in [-0.25, -0.2) is 0 Å². The lowest BCUT2D eigenvalue weighted by molar-refractivity contribution is 0.813. The zero-order valence-electron chi connectivity index (χ0n) is 10.3. The molecule has 0 saturated heterocycles. The van der Waals surface area contributed by atoms with Crippen molar-refractivity contribution in [2.24, 2.45) is 0 Å². The van der Waals surface area contributed by atoms with Gasteiger partial charge in [0.15, 0.2) is 5.82 Å². The van der Waals surface area contributed by atoms with E-state index >= 15 is 0 Å². The first-order chi connectivity index (χ1) is 8.74. The monoisotopic (exact) mass is 263 g/mol. The fraction of sp³-hybridized carbons (Fsp3) is 0.333. The Morgan fingerprint density at radius 1 is 1.11 bits per heavy atom. The van der Waals surface area contributed by atoms with Gasteiger partial charge in [-0.05, 0) is 37.6 Å². The van der Waals surface area contributed by atoms with Gasteiger partial charge in [-0.15, -0.1) is 0 Å². The minimum atomic E-state index is 0.188. The number of nitrogens with zero attached hydrogens (tertiary/aromatic N) is 5. The zero-order valence-corrected chi connectivity index (χ0v) is 11.1. The maximum atomic E-state index is 5.94. The van der Waals surface area contributed by atoms with Crippen LogP contribution in [-0.4, -0.2) is 33.0 Å². The summed E-state index contributed by atoms with van der Waals surface area (Å²) in [4.78, 5) is 18.9. The molecule has 18 heavy (non-hydrogen) atoms. The first kappa shape index (κ1) is 12.7. The summed E-state index contributed by atoms with van der Waals surface area (Å²) in [6.07, 6.45) is 1.70. The van der Waals surface area contributed by atoms with Crippen LogP contribution in [0.2, 0.25) is 5.28 Å². The van der Waals surface area contributed by atoms with Crippen molar-refractivity contribution in [2.75, 3.05) is 18.0 Å². The predicted octanol–water partition coefficient (Wildman–Crippen LogP) is 2.43. The molecule has 0 spiro atoms. The number of aromatic nitrogens is 4. The molecule has 0 fully saturated rings. The molecule has 0 aliphatic carbocycles. The molecule has 2 heterocycles. The van der Waals surface area contributed by atoms with Crippen molar-refractivity contribution in [3.05, 3.63) is 29.7 Å².